The largest absolute Gasteiger partial charge is 0.465 e. The van der Waals surface area contributed by atoms with Gasteiger partial charge in [-0.2, -0.15) is 0 Å². The van der Waals surface area contributed by atoms with Crippen molar-refractivity contribution in [3.8, 4) is 0 Å². The Hall–Kier alpha value is -2.18. The number of hydrogen-bond acceptors (Lipinski definition) is 5. The van der Waals surface area contributed by atoms with E-state index in [0.717, 1.165) is 4.90 Å². The number of benzene rings is 1. The van der Waals surface area contributed by atoms with Gasteiger partial charge in [0, 0.05) is 0 Å². The molecule has 4 rings (SSSR count). The first-order valence-corrected chi connectivity index (χ1v) is 8.26. The highest BCUT2D eigenvalue weighted by molar-refractivity contribution is 6.34. The zero-order chi connectivity index (χ0) is 18.1. The first kappa shape index (κ1) is 16.3. The third-order valence-corrected chi connectivity index (χ3v) is 5.67. The van der Waals surface area contributed by atoms with Crippen LogP contribution in [0.5, 0.6) is 0 Å². The molecule has 1 aromatic carbocycles. The van der Waals surface area contributed by atoms with Crippen LogP contribution in [0.25, 0.3) is 0 Å². The van der Waals surface area contributed by atoms with Gasteiger partial charge >= 0.3 is 5.97 Å². The minimum absolute atomic E-state index is 0.106. The normalized spacial score (nSPS) is 35.4. The molecule has 6 nitrogen and oxygen atoms in total. The van der Waals surface area contributed by atoms with Gasteiger partial charge in [0.2, 0.25) is 11.8 Å². The van der Waals surface area contributed by atoms with Crippen LogP contribution in [-0.4, -0.2) is 36.1 Å². The van der Waals surface area contributed by atoms with Crippen molar-refractivity contribution >= 4 is 35.1 Å². The van der Waals surface area contributed by atoms with Crippen LogP contribution in [0.3, 0.4) is 0 Å². The number of methoxy groups -OCH3 is 1. The highest BCUT2D eigenvalue weighted by Gasteiger charge is 2.70. The lowest BCUT2D eigenvalue weighted by molar-refractivity contribution is -0.128. The van der Waals surface area contributed by atoms with E-state index in [4.69, 9.17) is 21.1 Å². The monoisotopic (exact) mass is 361 g/mol. The van der Waals surface area contributed by atoms with Crippen LogP contribution < -0.4 is 4.90 Å². The van der Waals surface area contributed by atoms with E-state index in [1.54, 1.807) is 6.07 Å². The summed E-state index contributed by atoms with van der Waals surface area (Å²) in [5, 5.41) is 0.193. The molecule has 130 valence electrons. The number of carbonyl (C=O) groups excluding carboxylic acids is 3. The molecule has 0 N–H and O–H groups in total. The number of imide groups is 1. The van der Waals surface area contributed by atoms with E-state index < -0.39 is 29.0 Å². The summed E-state index contributed by atoms with van der Waals surface area (Å²) in [4.78, 5) is 39.0. The van der Waals surface area contributed by atoms with Crippen molar-refractivity contribution in [2.45, 2.75) is 25.0 Å². The Balaban J connectivity index is 1.78. The zero-order valence-electron chi connectivity index (χ0n) is 13.9. The van der Waals surface area contributed by atoms with Gasteiger partial charge in [0.15, 0.2) is 0 Å². The molecule has 0 radical (unpaired) electrons. The summed E-state index contributed by atoms with van der Waals surface area (Å²) in [6.45, 7) is 3.63. The number of hydrogen-bond donors (Lipinski definition) is 0. The molecule has 0 aliphatic carbocycles. The van der Waals surface area contributed by atoms with Crippen LogP contribution in [0, 0.1) is 11.8 Å². The van der Waals surface area contributed by atoms with Gasteiger partial charge in [-0.05, 0) is 32.0 Å². The second-order valence-electron chi connectivity index (χ2n) is 6.93. The van der Waals surface area contributed by atoms with Crippen LogP contribution in [-0.2, 0) is 19.1 Å². The first-order chi connectivity index (χ1) is 11.7. The fourth-order valence-electron chi connectivity index (χ4n) is 4.20. The van der Waals surface area contributed by atoms with Gasteiger partial charge < -0.3 is 9.47 Å². The minimum Gasteiger partial charge on any atom is -0.465 e. The topological polar surface area (TPSA) is 72.9 Å². The predicted molar refractivity (Wildman–Crippen MR) is 89.3 cm³/mol. The Bertz CT molecular complexity index is 829. The molecule has 1 aromatic rings. The van der Waals surface area contributed by atoms with Gasteiger partial charge in [0.25, 0.3) is 0 Å². The third kappa shape index (κ3) is 1.98. The van der Waals surface area contributed by atoms with Crippen molar-refractivity contribution in [3.05, 3.63) is 40.9 Å². The quantitative estimate of drug-likeness (QED) is 0.459. The van der Waals surface area contributed by atoms with Crippen molar-refractivity contribution in [1.29, 1.82) is 0 Å². The zero-order valence-corrected chi connectivity index (χ0v) is 14.7. The van der Waals surface area contributed by atoms with E-state index in [1.807, 2.05) is 26.0 Å². The van der Waals surface area contributed by atoms with Gasteiger partial charge in [-0.3, -0.25) is 9.59 Å². The van der Waals surface area contributed by atoms with E-state index in [0.29, 0.717) is 5.69 Å². The maximum absolute atomic E-state index is 13.0. The van der Waals surface area contributed by atoms with Gasteiger partial charge in [-0.15, -0.1) is 0 Å². The smallest absolute Gasteiger partial charge is 0.339 e. The number of ether oxygens (including phenoxy) is 2. The molecule has 3 heterocycles. The Kier molecular flexibility index (Phi) is 3.21. The third-order valence-electron chi connectivity index (χ3n) is 5.34. The number of carbonyl (C=O) groups is 3. The summed E-state index contributed by atoms with van der Waals surface area (Å²) in [5.41, 5.74) is -1.17. The Morgan fingerprint density at radius 1 is 1.16 bits per heavy atom. The standard InChI is InChI=1S/C18H16ClNO5/c1-17-6-7-18(2,25-17)13-12(17)14(21)20(15(13)22)9-4-5-11(19)10(8-9)16(23)24-3/h4-8,12-13H,1-3H3/t12-,13+,17+,18-. The molecule has 0 saturated carbocycles. The number of fused-ring (bicyclic) bond motifs is 5. The number of esters is 1. The van der Waals surface area contributed by atoms with Crippen LogP contribution in [0.1, 0.15) is 24.2 Å². The van der Waals surface area contributed by atoms with Gasteiger partial charge in [0.1, 0.15) is 0 Å². The Morgan fingerprint density at radius 3 is 2.24 bits per heavy atom. The highest BCUT2D eigenvalue weighted by atomic mass is 35.5. The number of anilines is 1. The van der Waals surface area contributed by atoms with Crippen LogP contribution >= 0.6 is 11.6 Å². The second kappa shape index (κ2) is 4.93. The molecule has 0 unspecified atom stereocenters. The molecule has 0 aromatic heterocycles. The molecule has 2 amide bonds. The molecule has 7 heteroatoms. The molecule has 3 aliphatic heterocycles. The summed E-state index contributed by atoms with van der Waals surface area (Å²) in [6.07, 6.45) is 3.70. The molecular formula is C18H16ClNO5. The molecule has 2 fully saturated rings. The van der Waals surface area contributed by atoms with E-state index in [9.17, 15) is 14.4 Å². The Labute approximate surface area is 149 Å². The molecule has 2 saturated heterocycles. The summed E-state index contributed by atoms with van der Waals surface area (Å²) < 4.78 is 10.7. The van der Waals surface area contributed by atoms with E-state index >= 15 is 0 Å². The van der Waals surface area contributed by atoms with Crippen molar-refractivity contribution in [2.75, 3.05) is 12.0 Å². The molecule has 2 bridgehead atoms. The number of amides is 2. The van der Waals surface area contributed by atoms with Gasteiger partial charge in [-0.1, -0.05) is 23.8 Å². The fourth-order valence-corrected chi connectivity index (χ4v) is 4.40. The van der Waals surface area contributed by atoms with Crippen molar-refractivity contribution in [1.82, 2.24) is 0 Å². The van der Waals surface area contributed by atoms with E-state index in [1.165, 1.54) is 19.2 Å². The van der Waals surface area contributed by atoms with E-state index in [-0.39, 0.29) is 22.4 Å². The Morgan fingerprint density at radius 2 is 1.72 bits per heavy atom. The lowest BCUT2D eigenvalue weighted by Gasteiger charge is -2.25. The van der Waals surface area contributed by atoms with Crippen molar-refractivity contribution in [3.63, 3.8) is 0 Å². The second-order valence-corrected chi connectivity index (χ2v) is 7.33. The van der Waals surface area contributed by atoms with Gasteiger partial charge in [-0.25, -0.2) is 9.69 Å². The van der Waals surface area contributed by atoms with Crippen LogP contribution in [0.4, 0.5) is 5.69 Å². The summed E-state index contributed by atoms with van der Waals surface area (Å²) >= 11 is 6.03. The van der Waals surface area contributed by atoms with E-state index in [2.05, 4.69) is 0 Å². The van der Waals surface area contributed by atoms with Crippen molar-refractivity contribution in [2.24, 2.45) is 11.8 Å². The SMILES string of the molecule is COC(=O)c1cc(N2C(=O)[C@@H]3[C@H](C2=O)[C@]2(C)C=C[C@@]3(C)O2)ccc1Cl. The molecule has 0 spiro atoms. The molecular weight excluding hydrogens is 346 g/mol. The number of halogens is 1. The number of nitrogens with zero attached hydrogens (tertiary/aromatic N) is 1. The summed E-state index contributed by atoms with van der Waals surface area (Å²) in [7, 11) is 1.24. The average molecular weight is 362 g/mol. The van der Waals surface area contributed by atoms with Crippen molar-refractivity contribution < 1.29 is 23.9 Å². The lowest BCUT2D eigenvalue weighted by Crippen LogP contribution is -2.39. The maximum atomic E-state index is 13.0. The molecule has 4 atom stereocenters. The lowest BCUT2D eigenvalue weighted by atomic mass is 9.73. The fraction of sp³-hybridized carbons (Fsp3) is 0.389. The summed E-state index contributed by atoms with van der Waals surface area (Å²) in [6, 6.07) is 4.43. The molecule has 25 heavy (non-hydrogen) atoms. The predicted octanol–water partition coefficient (Wildman–Crippen LogP) is 2.35. The summed E-state index contributed by atoms with van der Waals surface area (Å²) in [5.74, 6) is -2.44. The average Bonchev–Trinajstić information content (AvgIpc) is 3.12. The van der Waals surface area contributed by atoms with Gasteiger partial charge in [0.05, 0.1) is 46.4 Å². The van der Waals surface area contributed by atoms with Crippen LogP contribution in [0.2, 0.25) is 5.02 Å². The maximum Gasteiger partial charge on any atom is 0.339 e. The molecule has 3 aliphatic rings. The number of rotatable bonds is 2. The van der Waals surface area contributed by atoms with Crippen LogP contribution in [0.15, 0.2) is 30.4 Å². The first-order valence-electron chi connectivity index (χ1n) is 7.88. The highest BCUT2D eigenvalue weighted by Crippen LogP contribution is 2.57. The minimum atomic E-state index is -0.793.